The molecule has 0 spiro atoms. The predicted octanol–water partition coefficient (Wildman–Crippen LogP) is 8.11. The Morgan fingerprint density at radius 2 is 0.676 bits per heavy atom. The fourth-order valence-electron chi connectivity index (χ4n) is 3.96. The van der Waals surface area contributed by atoms with E-state index in [0.29, 0.717) is 26.4 Å². The summed E-state index contributed by atoms with van der Waals surface area (Å²) in [6, 6.07) is 12.7. The lowest BCUT2D eigenvalue weighted by molar-refractivity contribution is 0.104. The maximum atomic E-state index is 5.93. The highest BCUT2D eigenvalue weighted by Crippen LogP contribution is 2.25. The van der Waals surface area contributed by atoms with E-state index in [0.717, 1.165) is 86.7 Å². The molecule has 4 bridgehead atoms. The van der Waals surface area contributed by atoms with Gasteiger partial charge in [-0.1, -0.05) is 93.9 Å². The van der Waals surface area contributed by atoms with Crippen molar-refractivity contribution in [1.82, 2.24) is 0 Å². The van der Waals surface area contributed by atoms with Crippen LogP contribution in [0.4, 0.5) is 0 Å². The third-order valence-corrected chi connectivity index (χ3v) is 8.04. The lowest BCUT2D eigenvalue weighted by Crippen LogP contribution is -2.02. The molecule has 1 aliphatic rings. The van der Waals surface area contributed by atoms with Crippen LogP contribution in [0.1, 0.15) is 73.6 Å². The summed E-state index contributed by atoms with van der Waals surface area (Å²) < 4.78 is 26.0. The minimum atomic E-state index is 0.632. The van der Waals surface area contributed by atoms with Gasteiger partial charge in [-0.2, -0.15) is 0 Å². The first-order valence-electron chi connectivity index (χ1n) is 12.6. The fraction of sp³-hybridized carbons (Fsp3) is 0.571. The number of hydrogen-bond acceptors (Lipinski definition) is 4. The van der Waals surface area contributed by atoms with E-state index in [-0.39, 0.29) is 0 Å². The van der Waals surface area contributed by atoms with Gasteiger partial charge in [0.25, 0.3) is 0 Å². The molecule has 0 saturated heterocycles. The Bertz CT molecular complexity index is 713. The Labute approximate surface area is 222 Å². The zero-order valence-electron chi connectivity index (χ0n) is 20.2. The summed E-state index contributed by atoms with van der Waals surface area (Å²) in [6.07, 6.45) is 8.96. The quantitative estimate of drug-likeness (QED) is 0.307. The van der Waals surface area contributed by atoms with Crippen LogP contribution < -0.4 is 0 Å². The monoisotopic (exact) mass is 596 g/mol. The first-order valence-corrected chi connectivity index (χ1v) is 14.2. The van der Waals surface area contributed by atoms with Gasteiger partial charge in [-0.15, -0.1) is 0 Å². The Kier molecular flexibility index (Phi) is 13.8. The van der Waals surface area contributed by atoms with E-state index < -0.39 is 0 Å². The van der Waals surface area contributed by atoms with Crippen molar-refractivity contribution in [2.75, 3.05) is 26.4 Å². The molecule has 3 rings (SSSR count). The zero-order chi connectivity index (χ0) is 23.8. The molecule has 0 aliphatic carbocycles. The van der Waals surface area contributed by atoms with E-state index in [1.54, 1.807) is 0 Å². The van der Waals surface area contributed by atoms with Crippen molar-refractivity contribution in [3.05, 3.63) is 67.6 Å². The van der Waals surface area contributed by atoms with Gasteiger partial charge in [0.05, 0.1) is 26.4 Å². The topological polar surface area (TPSA) is 36.9 Å². The molecule has 34 heavy (non-hydrogen) atoms. The van der Waals surface area contributed by atoms with E-state index in [1.165, 1.54) is 22.3 Å². The van der Waals surface area contributed by atoms with Crippen LogP contribution in [0.5, 0.6) is 0 Å². The number of ether oxygens (including phenoxy) is 4. The third kappa shape index (κ3) is 10.1. The van der Waals surface area contributed by atoms with Crippen molar-refractivity contribution in [2.45, 2.75) is 77.8 Å². The van der Waals surface area contributed by atoms with Crippen molar-refractivity contribution in [3.63, 3.8) is 0 Å². The molecule has 0 atom stereocenters. The van der Waals surface area contributed by atoms with Gasteiger partial charge >= 0.3 is 0 Å². The number of halogens is 2. The average Bonchev–Trinajstić information content (AvgIpc) is 2.84. The Morgan fingerprint density at radius 1 is 0.412 bits per heavy atom. The standard InChI is InChI=1S/C28H38Br2O4/c29-27-23-11-9-13-25(27)21-33-17-7-3-4-8-18-34-22-26-14-10-12-24(28(26)30)20-32-16-6-2-1-5-15-31-19-23/h9-14H,1-8,15-22H2. The number of rotatable bonds is 0. The largest absolute Gasteiger partial charge is 0.377 e. The van der Waals surface area contributed by atoms with Gasteiger partial charge in [0, 0.05) is 35.4 Å². The van der Waals surface area contributed by atoms with Crippen LogP contribution >= 0.6 is 31.9 Å². The van der Waals surface area contributed by atoms with Gasteiger partial charge in [-0.3, -0.25) is 0 Å². The normalized spacial score (nSPS) is 18.9. The lowest BCUT2D eigenvalue weighted by atomic mass is 10.1. The van der Waals surface area contributed by atoms with Gasteiger partial charge in [0.15, 0.2) is 0 Å². The Hall–Kier alpha value is -0.760. The van der Waals surface area contributed by atoms with E-state index in [9.17, 15) is 0 Å². The highest BCUT2D eigenvalue weighted by molar-refractivity contribution is 9.10. The van der Waals surface area contributed by atoms with E-state index in [1.807, 2.05) is 0 Å². The second-order valence-corrected chi connectivity index (χ2v) is 10.4. The van der Waals surface area contributed by atoms with Crippen molar-refractivity contribution in [1.29, 1.82) is 0 Å². The molecule has 0 radical (unpaired) electrons. The first-order chi connectivity index (χ1) is 16.8. The van der Waals surface area contributed by atoms with Crippen molar-refractivity contribution >= 4 is 31.9 Å². The minimum Gasteiger partial charge on any atom is -0.377 e. The summed E-state index contributed by atoms with van der Waals surface area (Å²) >= 11 is 7.49. The molecule has 1 heterocycles. The summed E-state index contributed by atoms with van der Waals surface area (Å²) in [5.41, 5.74) is 4.75. The van der Waals surface area contributed by atoms with Crippen molar-refractivity contribution in [2.24, 2.45) is 0 Å². The van der Waals surface area contributed by atoms with E-state index >= 15 is 0 Å². The van der Waals surface area contributed by atoms with E-state index in [4.69, 9.17) is 18.9 Å². The van der Waals surface area contributed by atoms with Crippen molar-refractivity contribution in [3.8, 4) is 0 Å². The molecule has 0 aromatic heterocycles. The van der Waals surface area contributed by atoms with Crippen LogP contribution in [-0.4, -0.2) is 26.4 Å². The van der Waals surface area contributed by atoms with Crippen LogP contribution in [-0.2, 0) is 45.4 Å². The molecule has 0 unspecified atom stereocenters. The summed E-state index contributed by atoms with van der Waals surface area (Å²) in [7, 11) is 0. The molecule has 6 heteroatoms. The predicted molar refractivity (Wildman–Crippen MR) is 144 cm³/mol. The Balaban J connectivity index is 1.47. The molecule has 2 aromatic rings. The van der Waals surface area contributed by atoms with Crippen LogP contribution in [0, 0.1) is 0 Å². The Morgan fingerprint density at radius 3 is 0.941 bits per heavy atom. The SMILES string of the molecule is Brc1c2cccc1COCCCCCCOCc1cccc(c1Br)COCCCCCCOC2. The minimum absolute atomic E-state index is 0.632. The summed E-state index contributed by atoms with van der Waals surface area (Å²) in [5, 5.41) is 0. The first kappa shape index (κ1) is 27.8. The van der Waals surface area contributed by atoms with Gasteiger partial charge in [0.1, 0.15) is 0 Å². The molecular formula is C28H38Br2O4. The van der Waals surface area contributed by atoms with Crippen LogP contribution in [0.3, 0.4) is 0 Å². The summed E-state index contributed by atoms with van der Waals surface area (Å²) in [5.74, 6) is 0. The molecule has 0 amide bonds. The average molecular weight is 598 g/mol. The molecular weight excluding hydrogens is 560 g/mol. The van der Waals surface area contributed by atoms with Gasteiger partial charge in [-0.05, 0) is 47.9 Å². The molecule has 0 fully saturated rings. The third-order valence-electron chi connectivity index (χ3n) is 6.00. The summed E-state index contributed by atoms with van der Waals surface area (Å²) in [6.45, 7) is 5.68. The second-order valence-electron chi connectivity index (χ2n) is 8.82. The number of benzene rings is 2. The highest BCUT2D eigenvalue weighted by atomic mass is 79.9. The lowest BCUT2D eigenvalue weighted by Gasteiger charge is -2.12. The highest BCUT2D eigenvalue weighted by Gasteiger charge is 2.08. The molecule has 0 N–H and O–H groups in total. The number of hydrogen-bond donors (Lipinski definition) is 0. The maximum Gasteiger partial charge on any atom is 0.0727 e. The zero-order valence-corrected chi connectivity index (χ0v) is 23.3. The van der Waals surface area contributed by atoms with Crippen LogP contribution in [0.15, 0.2) is 45.3 Å². The van der Waals surface area contributed by atoms with E-state index in [2.05, 4.69) is 68.3 Å². The smallest absolute Gasteiger partial charge is 0.0727 e. The molecule has 2 aromatic carbocycles. The molecule has 0 saturated carbocycles. The molecule has 1 aliphatic heterocycles. The number of fused-ring (bicyclic) bond motifs is 4. The summed E-state index contributed by atoms with van der Waals surface area (Å²) in [4.78, 5) is 0. The van der Waals surface area contributed by atoms with Crippen molar-refractivity contribution < 1.29 is 18.9 Å². The molecule has 4 nitrogen and oxygen atoms in total. The van der Waals surface area contributed by atoms with Crippen LogP contribution in [0.25, 0.3) is 0 Å². The van der Waals surface area contributed by atoms with Gasteiger partial charge < -0.3 is 18.9 Å². The second kappa shape index (κ2) is 16.8. The molecule has 188 valence electrons. The fourth-order valence-corrected chi connectivity index (χ4v) is 4.95. The maximum absolute atomic E-state index is 5.93. The van der Waals surface area contributed by atoms with Gasteiger partial charge in [-0.25, -0.2) is 0 Å². The van der Waals surface area contributed by atoms with Crippen LogP contribution in [0.2, 0.25) is 0 Å². The van der Waals surface area contributed by atoms with Gasteiger partial charge in [0.2, 0.25) is 0 Å².